The van der Waals surface area contributed by atoms with Gasteiger partial charge in [-0.15, -0.1) is 0 Å². The highest BCUT2D eigenvalue weighted by atomic mass is 14.8. The van der Waals surface area contributed by atoms with Gasteiger partial charge >= 0.3 is 0 Å². The number of fused-ring (bicyclic) bond motifs is 1. The van der Waals surface area contributed by atoms with E-state index in [1.807, 2.05) is 7.05 Å². The van der Waals surface area contributed by atoms with Crippen LogP contribution in [0.25, 0.3) is 0 Å². The highest BCUT2D eigenvalue weighted by Gasteiger charge is 2.09. The van der Waals surface area contributed by atoms with Gasteiger partial charge in [-0.25, -0.2) is 0 Å². The number of benzene rings is 2. The van der Waals surface area contributed by atoms with Gasteiger partial charge in [-0.3, -0.25) is 0 Å². The largest absolute Gasteiger partial charge is 0.388 e. The van der Waals surface area contributed by atoms with Crippen molar-refractivity contribution in [1.82, 2.24) is 0 Å². The zero-order valence-electron chi connectivity index (χ0n) is 11.6. The van der Waals surface area contributed by atoms with Crippen LogP contribution < -0.4 is 5.32 Å². The van der Waals surface area contributed by atoms with Gasteiger partial charge in [0.15, 0.2) is 0 Å². The summed E-state index contributed by atoms with van der Waals surface area (Å²) >= 11 is 0. The summed E-state index contributed by atoms with van der Waals surface area (Å²) < 4.78 is 0. The summed E-state index contributed by atoms with van der Waals surface area (Å²) in [6, 6.07) is 15.8. The lowest BCUT2D eigenvalue weighted by Gasteiger charge is -2.16. The lowest BCUT2D eigenvalue weighted by molar-refractivity contribution is 0.684. The number of anilines is 1. The summed E-state index contributed by atoms with van der Waals surface area (Å²) in [5.41, 5.74) is 7.15. The number of aryl methyl sites for hydroxylation is 2. The van der Waals surface area contributed by atoms with Crippen molar-refractivity contribution in [2.45, 2.75) is 32.1 Å². The van der Waals surface area contributed by atoms with Crippen molar-refractivity contribution in [2.75, 3.05) is 12.4 Å². The van der Waals surface area contributed by atoms with Gasteiger partial charge in [-0.1, -0.05) is 30.3 Å². The Balaban J connectivity index is 1.78. The SMILES string of the molecule is CNc1ccc(Cc2ccc3c(c2)CCCC3)cc1. The van der Waals surface area contributed by atoms with E-state index >= 15 is 0 Å². The van der Waals surface area contributed by atoms with Gasteiger partial charge in [0.05, 0.1) is 0 Å². The molecule has 3 rings (SSSR count). The molecule has 1 aliphatic carbocycles. The van der Waals surface area contributed by atoms with Crippen molar-refractivity contribution in [3.63, 3.8) is 0 Å². The Morgan fingerprint density at radius 3 is 2.26 bits per heavy atom. The molecule has 0 saturated heterocycles. The average molecular weight is 251 g/mol. The molecule has 0 unspecified atom stereocenters. The lowest BCUT2D eigenvalue weighted by Crippen LogP contribution is -2.03. The zero-order valence-corrected chi connectivity index (χ0v) is 11.6. The minimum absolute atomic E-state index is 1.04. The molecule has 0 aromatic heterocycles. The zero-order chi connectivity index (χ0) is 13.1. The van der Waals surface area contributed by atoms with E-state index in [0.717, 1.165) is 6.42 Å². The molecule has 0 heterocycles. The second-order valence-corrected chi connectivity index (χ2v) is 5.43. The Morgan fingerprint density at radius 1 is 0.842 bits per heavy atom. The molecule has 0 aliphatic heterocycles. The quantitative estimate of drug-likeness (QED) is 0.862. The van der Waals surface area contributed by atoms with Crippen molar-refractivity contribution >= 4 is 5.69 Å². The van der Waals surface area contributed by atoms with Gasteiger partial charge in [0, 0.05) is 12.7 Å². The van der Waals surface area contributed by atoms with Crippen LogP contribution in [0, 0.1) is 0 Å². The molecule has 98 valence electrons. The Morgan fingerprint density at radius 2 is 1.53 bits per heavy atom. The molecule has 0 atom stereocenters. The summed E-state index contributed by atoms with van der Waals surface area (Å²) in [6.07, 6.45) is 6.29. The standard InChI is InChI=1S/C18H21N/c1-19-18-10-7-14(8-11-18)12-15-6-9-16-4-2-3-5-17(16)13-15/h6-11,13,19H,2-5,12H2,1H3. The smallest absolute Gasteiger partial charge is 0.0337 e. The monoisotopic (exact) mass is 251 g/mol. The molecule has 0 saturated carbocycles. The third kappa shape index (κ3) is 2.81. The molecular formula is C18H21N. The van der Waals surface area contributed by atoms with E-state index in [4.69, 9.17) is 0 Å². The van der Waals surface area contributed by atoms with E-state index in [1.54, 1.807) is 11.1 Å². The molecule has 0 amide bonds. The highest BCUT2D eigenvalue weighted by molar-refractivity contribution is 5.45. The second kappa shape index (κ2) is 5.48. The first-order valence-electron chi connectivity index (χ1n) is 7.22. The molecule has 0 spiro atoms. The fourth-order valence-electron chi connectivity index (χ4n) is 2.92. The van der Waals surface area contributed by atoms with Gasteiger partial charge in [0.1, 0.15) is 0 Å². The first-order valence-corrected chi connectivity index (χ1v) is 7.22. The van der Waals surface area contributed by atoms with Crippen LogP contribution in [0.5, 0.6) is 0 Å². The summed E-state index contributed by atoms with van der Waals surface area (Å²) in [4.78, 5) is 0. The molecular weight excluding hydrogens is 230 g/mol. The van der Waals surface area contributed by atoms with Gasteiger partial charge in [0.25, 0.3) is 0 Å². The lowest BCUT2D eigenvalue weighted by atomic mass is 9.89. The van der Waals surface area contributed by atoms with Crippen LogP contribution in [0.4, 0.5) is 5.69 Å². The molecule has 2 aromatic rings. The van der Waals surface area contributed by atoms with Crippen LogP contribution in [0.15, 0.2) is 42.5 Å². The van der Waals surface area contributed by atoms with Crippen molar-refractivity contribution in [1.29, 1.82) is 0 Å². The first kappa shape index (κ1) is 12.3. The topological polar surface area (TPSA) is 12.0 Å². The van der Waals surface area contributed by atoms with E-state index in [0.29, 0.717) is 0 Å². The molecule has 0 fully saturated rings. The van der Waals surface area contributed by atoms with Crippen LogP contribution in [0.2, 0.25) is 0 Å². The van der Waals surface area contributed by atoms with Crippen LogP contribution in [-0.4, -0.2) is 7.05 Å². The van der Waals surface area contributed by atoms with Gasteiger partial charge < -0.3 is 5.32 Å². The average Bonchev–Trinajstić information content (AvgIpc) is 2.48. The number of rotatable bonds is 3. The Labute approximate surface area is 115 Å². The van der Waals surface area contributed by atoms with E-state index in [9.17, 15) is 0 Å². The van der Waals surface area contributed by atoms with Crippen LogP contribution in [-0.2, 0) is 19.3 Å². The minimum Gasteiger partial charge on any atom is -0.388 e. The second-order valence-electron chi connectivity index (χ2n) is 5.43. The summed E-state index contributed by atoms with van der Waals surface area (Å²) in [6.45, 7) is 0. The Kier molecular flexibility index (Phi) is 3.54. The van der Waals surface area contributed by atoms with E-state index in [2.05, 4.69) is 47.8 Å². The first-order chi connectivity index (χ1) is 9.35. The van der Waals surface area contributed by atoms with Crippen molar-refractivity contribution in [3.05, 3.63) is 64.7 Å². The van der Waals surface area contributed by atoms with E-state index in [-0.39, 0.29) is 0 Å². The number of hydrogen-bond acceptors (Lipinski definition) is 1. The van der Waals surface area contributed by atoms with Crippen LogP contribution in [0.3, 0.4) is 0 Å². The predicted molar refractivity (Wildman–Crippen MR) is 81.9 cm³/mol. The maximum Gasteiger partial charge on any atom is 0.0337 e. The molecule has 19 heavy (non-hydrogen) atoms. The third-order valence-corrected chi connectivity index (χ3v) is 4.06. The number of nitrogens with one attached hydrogen (secondary N) is 1. The highest BCUT2D eigenvalue weighted by Crippen LogP contribution is 2.23. The molecule has 2 aromatic carbocycles. The maximum absolute atomic E-state index is 3.16. The summed E-state index contributed by atoms with van der Waals surface area (Å²) in [5.74, 6) is 0. The van der Waals surface area contributed by atoms with Crippen molar-refractivity contribution < 1.29 is 0 Å². The van der Waals surface area contributed by atoms with Gasteiger partial charge in [0.2, 0.25) is 0 Å². The minimum atomic E-state index is 1.04. The molecule has 1 nitrogen and oxygen atoms in total. The van der Waals surface area contributed by atoms with Crippen LogP contribution in [0.1, 0.15) is 35.1 Å². The molecule has 1 aliphatic rings. The van der Waals surface area contributed by atoms with Crippen LogP contribution >= 0.6 is 0 Å². The molecule has 0 bridgehead atoms. The normalized spacial score (nSPS) is 13.9. The van der Waals surface area contributed by atoms with E-state index < -0.39 is 0 Å². The Hall–Kier alpha value is -1.76. The maximum atomic E-state index is 3.16. The summed E-state index contributed by atoms with van der Waals surface area (Å²) in [5, 5.41) is 3.16. The Bertz CT molecular complexity index is 554. The van der Waals surface area contributed by atoms with Crippen molar-refractivity contribution in [3.8, 4) is 0 Å². The molecule has 1 N–H and O–H groups in total. The van der Waals surface area contributed by atoms with Gasteiger partial charge in [-0.2, -0.15) is 0 Å². The fraction of sp³-hybridized carbons (Fsp3) is 0.333. The fourth-order valence-corrected chi connectivity index (χ4v) is 2.92. The van der Waals surface area contributed by atoms with Crippen molar-refractivity contribution in [2.24, 2.45) is 0 Å². The molecule has 0 radical (unpaired) electrons. The summed E-state index contributed by atoms with van der Waals surface area (Å²) in [7, 11) is 1.96. The van der Waals surface area contributed by atoms with Gasteiger partial charge in [-0.05, 0) is 66.5 Å². The third-order valence-electron chi connectivity index (χ3n) is 4.06. The predicted octanol–water partition coefficient (Wildman–Crippen LogP) is 4.20. The van der Waals surface area contributed by atoms with E-state index in [1.165, 1.54) is 42.5 Å². The number of hydrogen-bond donors (Lipinski definition) is 1. The molecule has 1 heteroatoms.